The summed E-state index contributed by atoms with van der Waals surface area (Å²) in [6, 6.07) is 10.3. The Kier molecular flexibility index (Phi) is 7.11. The summed E-state index contributed by atoms with van der Waals surface area (Å²) in [4.78, 5) is 23.0. The fraction of sp³-hybridized carbons (Fsp3) is 0.389. The third-order valence-electron chi connectivity index (χ3n) is 3.88. The smallest absolute Gasteiger partial charge is 0.271 e. The Bertz CT molecular complexity index is 726. The zero-order valence-corrected chi connectivity index (χ0v) is 15.9. The highest BCUT2D eigenvalue weighted by atomic mass is 35.5. The number of carbonyl (C=O) groups excluding carboxylic acids is 1. The molecular weight excluding hydrogens is 372 g/mol. The molecular formula is C18H21ClN4O2S. The van der Waals surface area contributed by atoms with E-state index in [1.54, 1.807) is 11.8 Å². The fourth-order valence-electron chi connectivity index (χ4n) is 2.52. The Balaban J connectivity index is 1.49. The van der Waals surface area contributed by atoms with Gasteiger partial charge in [-0.05, 0) is 5.56 Å². The van der Waals surface area contributed by atoms with E-state index in [-0.39, 0.29) is 16.6 Å². The van der Waals surface area contributed by atoms with E-state index in [2.05, 4.69) is 27.4 Å². The van der Waals surface area contributed by atoms with Crippen molar-refractivity contribution in [3.63, 3.8) is 0 Å². The van der Waals surface area contributed by atoms with Crippen LogP contribution in [-0.4, -0.2) is 54.5 Å². The van der Waals surface area contributed by atoms with E-state index in [0.717, 1.165) is 11.5 Å². The molecule has 6 nitrogen and oxygen atoms in total. The van der Waals surface area contributed by atoms with Gasteiger partial charge in [0.1, 0.15) is 0 Å². The zero-order valence-electron chi connectivity index (χ0n) is 14.4. The average Bonchev–Trinajstić information content (AvgIpc) is 2.69. The van der Waals surface area contributed by atoms with Gasteiger partial charge < -0.3 is 15.0 Å². The lowest BCUT2D eigenvalue weighted by atomic mass is 10.2. The maximum absolute atomic E-state index is 12.4. The minimum Gasteiger partial charge on any atom is -0.378 e. The summed E-state index contributed by atoms with van der Waals surface area (Å²) in [5.41, 5.74) is 1.49. The minimum absolute atomic E-state index is 0.219. The molecule has 1 aromatic heterocycles. The highest BCUT2D eigenvalue weighted by Crippen LogP contribution is 2.17. The molecule has 1 fully saturated rings. The van der Waals surface area contributed by atoms with E-state index in [4.69, 9.17) is 16.3 Å². The number of halogens is 1. The second-order valence-electron chi connectivity index (χ2n) is 5.76. The first kappa shape index (κ1) is 18.9. The van der Waals surface area contributed by atoms with Crippen molar-refractivity contribution in [2.24, 2.45) is 0 Å². The molecule has 0 atom stereocenters. The van der Waals surface area contributed by atoms with Crippen molar-refractivity contribution >= 4 is 35.2 Å². The minimum atomic E-state index is -0.271. The Hall–Kier alpha value is -1.83. The number of rotatable bonds is 7. The number of hydrogen-bond donors (Lipinski definition) is 1. The molecule has 0 spiro atoms. The third kappa shape index (κ3) is 5.33. The summed E-state index contributed by atoms with van der Waals surface area (Å²) in [6.45, 7) is 3.24. The van der Waals surface area contributed by atoms with Crippen LogP contribution < -0.4 is 10.2 Å². The molecule has 26 heavy (non-hydrogen) atoms. The molecule has 2 heterocycles. The van der Waals surface area contributed by atoms with E-state index in [0.29, 0.717) is 38.8 Å². The van der Waals surface area contributed by atoms with Gasteiger partial charge in [-0.1, -0.05) is 41.9 Å². The van der Waals surface area contributed by atoms with Crippen molar-refractivity contribution in [3.05, 3.63) is 52.8 Å². The highest BCUT2D eigenvalue weighted by molar-refractivity contribution is 7.98. The molecule has 0 bridgehead atoms. The Morgan fingerprint density at radius 2 is 2.04 bits per heavy atom. The molecule has 0 saturated carbocycles. The van der Waals surface area contributed by atoms with Crippen LogP contribution in [0.1, 0.15) is 16.1 Å². The third-order valence-corrected chi connectivity index (χ3v) is 5.19. The monoisotopic (exact) mass is 392 g/mol. The average molecular weight is 393 g/mol. The van der Waals surface area contributed by atoms with Crippen molar-refractivity contribution in [3.8, 4) is 0 Å². The van der Waals surface area contributed by atoms with Crippen LogP contribution in [-0.2, 0) is 10.5 Å². The second-order valence-corrected chi connectivity index (χ2v) is 7.27. The number of morpholine rings is 1. The topological polar surface area (TPSA) is 67.4 Å². The molecule has 0 radical (unpaired) electrons. The molecule has 3 rings (SSSR count). The Labute approximate surface area is 162 Å². The van der Waals surface area contributed by atoms with Crippen LogP contribution in [0.4, 0.5) is 5.95 Å². The summed E-state index contributed by atoms with van der Waals surface area (Å²) in [5.74, 6) is 1.99. The van der Waals surface area contributed by atoms with Crippen LogP contribution >= 0.6 is 23.4 Å². The number of nitrogens with one attached hydrogen (secondary N) is 1. The Morgan fingerprint density at radius 3 is 2.81 bits per heavy atom. The van der Waals surface area contributed by atoms with Gasteiger partial charge >= 0.3 is 0 Å². The number of hydrogen-bond acceptors (Lipinski definition) is 6. The zero-order chi connectivity index (χ0) is 18.2. The van der Waals surface area contributed by atoms with Gasteiger partial charge in [-0.3, -0.25) is 4.79 Å². The van der Waals surface area contributed by atoms with Crippen LogP contribution in [0.15, 0.2) is 36.5 Å². The number of nitrogens with zero attached hydrogens (tertiary/aromatic N) is 3. The first-order chi connectivity index (χ1) is 12.7. The van der Waals surface area contributed by atoms with Gasteiger partial charge in [0.25, 0.3) is 5.91 Å². The summed E-state index contributed by atoms with van der Waals surface area (Å²) < 4.78 is 5.33. The summed E-state index contributed by atoms with van der Waals surface area (Å²) in [5, 5.41) is 3.14. The number of carbonyl (C=O) groups is 1. The molecule has 0 unspecified atom stereocenters. The normalized spacial score (nSPS) is 14.3. The van der Waals surface area contributed by atoms with Crippen LogP contribution in [0.3, 0.4) is 0 Å². The van der Waals surface area contributed by atoms with Crippen molar-refractivity contribution < 1.29 is 9.53 Å². The number of benzene rings is 1. The molecule has 1 aliphatic rings. The number of aromatic nitrogens is 2. The number of ether oxygens (including phenoxy) is 1. The van der Waals surface area contributed by atoms with Crippen LogP contribution in [0.25, 0.3) is 0 Å². The summed E-state index contributed by atoms with van der Waals surface area (Å²) in [6.07, 6.45) is 1.48. The molecule has 2 aromatic rings. The maximum Gasteiger partial charge on any atom is 0.271 e. The first-order valence-corrected chi connectivity index (χ1v) is 10.0. The van der Waals surface area contributed by atoms with Crippen molar-refractivity contribution in [2.45, 2.75) is 5.75 Å². The lowest BCUT2D eigenvalue weighted by Gasteiger charge is -2.26. The molecule has 1 saturated heterocycles. The fourth-order valence-corrected chi connectivity index (χ4v) is 3.51. The highest BCUT2D eigenvalue weighted by Gasteiger charge is 2.18. The van der Waals surface area contributed by atoms with Crippen LogP contribution in [0.2, 0.25) is 5.02 Å². The van der Waals surface area contributed by atoms with Crippen LogP contribution in [0, 0.1) is 0 Å². The van der Waals surface area contributed by atoms with E-state index in [1.807, 2.05) is 23.1 Å². The summed E-state index contributed by atoms with van der Waals surface area (Å²) >= 11 is 7.89. The van der Waals surface area contributed by atoms with Gasteiger partial charge in [-0.2, -0.15) is 11.8 Å². The van der Waals surface area contributed by atoms with Crippen molar-refractivity contribution in [2.75, 3.05) is 43.5 Å². The summed E-state index contributed by atoms with van der Waals surface area (Å²) in [7, 11) is 0. The van der Waals surface area contributed by atoms with E-state index in [9.17, 15) is 4.79 Å². The molecule has 0 aliphatic carbocycles. The van der Waals surface area contributed by atoms with Gasteiger partial charge in [0, 0.05) is 31.1 Å². The molecule has 1 amide bonds. The first-order valence-electron chi connectivity index (χ1n) is 8.49. The molecule has 8 heteroatoms. The Morgan fingerprint density at radius 1 is 1.27 bits per heavy atom. The second kappa shape index (κ2) is 9.75. The molecule has 1 aromatic carbocycles. The van der Waals surface area contributed by atoms with E-state index >= 15 is 0 Å². The quantitative estimate of drug-likeness (QED) is 0.730. The predicted molar refractivity (Wildman–Crippen MR) is 105 cm³/mol. The van der Waals surface area contributed by atoms with Crippen molar-refractivity contribution in [1.29, 1.82) is 0 Å². The maximum atomic E-state index is 12.4. The van der Waals surface area contributed by atoms with Gasteiger partial charge in [-0.25, -0.2) is 9.97 Å². The predicted octanol–water partition coefficient (Wildman–Crippen LogP) is 2.63. The SMILES string of the molecule is O=C(NCCSCc1ccccc1)c1nc(N2CCOCC2)ncc1Cl. The standard InChI is InChI=1S/C18H21ClN4O2S/c19-15-12-21-18(23-7-9-25-10-8-23)22-16(15)17(24)20-6-11-26-13-14-4-2-1-3-5-14/h1-5,12H,6-11,13H2,(H,20,24). The van der Waals surface area contributed by atoms with Gasteiger partial charge in [-0.15, -0.1) is 0 Å². The van der Waals surface area contributed by atoms with Gasteiger partial charge in [0.05, 0.1) is 24.4 Å². The van der Waals surface area contributed by atoms with E-state index in [1.165, 1.54) is 11.8 Å². The largest absolute Gasteiger partial charge is 0.378 e. The number of anilines is 1. The van der Waals surface area contributed by atoms with Gasteiger partial charge in [0.2, 0.25) is 5.95 Å². The van der Waals surface area contributed by atoms with Crippen LogP contribution in [0.5, 0.6) is 0 Å². The lowest BCUT2D eigenvalue weighted by molar-refractivity contribution is 0.0951. The number of thioether (sulfide) groups is 1. The molecule has 1 N–H and O–H groups in total. The molecule has 138 valence electrons. The molecule has 1 aliphatic heterocycles. The lowest BCUT2D eigenvalue weighted by Crippen LogP contribution is -2.38. The van der Waals surface area contributed by atoms with Crippen molar-refractivity contribution in [1.82, 2.24) is 15.3 Å². The van der Waals surface area contributed by atoms with E-state index < -0.39 is 0 Å². The van der Waals surface area contributed by atoms with Gasteiger partial charge in [0.15, 0.2) is 5.69 Å². The number of amides is 1.